The lowest BCUT2D eigenvalue weighted by atomic mass is 9.97. The summed E-state index contributed by atoms with van der Waals surface area (Å²) in [5.74, 6) is -3.03. The number of esters is 1. The molecular formula is C12H8BrF3O4. The molecule has 4 nitrogen and oxygen atoms in total. The van der Waals surface area contributed by atoms with Crippen molar-refractivity contribution in [1.82, 2.24) is 0 Å². The van der Waals surface area contributed by atoms with E-state index in [9.17, 15) is 23.1 Å². The Bertz CT molecular complexity index is 595. The number of halogens is 4. The van der Waals surface area contributed by atoms with Crippen molar-refractivity contribution in [3.8, 4) is 5.75 Å². The summed E-state index contributed by atoms with van der Waals surface area (Å²) in [7, 11) is 0.923. The minimum Gasteiger partial charge on any atom is -0.465 e. The molecule has 0 saturated carbocycles. The zero-order valence-corrected chi connectivity index (χ0v) is 11.6. The van der Waals surface area contributed by atoms with Crippen LogP contribution in [0, 0.1) is 0 Å². The second-order valence-electron chi connectivity index (χ2n) is 3.92. The monoisotopic (exact) mass is 352 g/mol. The molecule has 1 aliphatic rings. The zero-order valence-electron chi connectivity index (χ0n) is 9.99. The van der Waals surface area contributed by atoms with Gasteiger partial charge in [-0.3, -0.25) is 0 Å². The average molecular weight is 353 g/mol. The van der Waals surface area contributed by atoms with E-state index < -0.39 is 29.6 Å². The number of carbonyl (C=O) groups excluding carboxylic acids is 1. The molecule has 1 unspecified atom stereocenters. The molecule has 1 aliphatic heterocycles. The molecule has 108 valence electrons. The average Bonchev–Trinajstić information content (AvgIpc) is 2.37. The quantitative estimate of drug-likeness (QED) is 0.789. The number of aliphatic hydroxyl groups is 1. The third-order valence-corrected chi connectivity index (χ3v) is 3.15. The van der Waals surface area contributed by atoms with Crippen LogP contribution in [0.4, 0.5) is 13.2 Å². The molecule has 20 heavy (non-hydrogen) atoms. The molecule has 0 spiro atoms. The van der Waals surface area contributed by atoms with E-state index in [0.717, 1.165) is 7.11 Å². The summed E-state index contributed by atoms with van der Waals surface area (Å²) in [5, 5.41) is 10.0. The number of aliphatic hydroxyl groups excluding tert-OH is 1. The molecule has 0 bridgehead atoms. The predicted octanol–water partition coefficient (Wildman–Crippen LogP) is 2.86. The van der Waals surface area contributed by atoms with Gasteiger partial charge in [0.25, 0.3) is 0 Å². The van der Waals surface area contributed by atoms with Gasteiger partial charge in [0.2, 0.25) is 5.76 Å². The summed E-state index contributed by atoms with van der Waals surface area (Å²) in [5.41, 5.74) is -0.918. The van der Waals surface area contributed by atoms with Gasteiger partial charge in [0.1, 0.15) is 17.4 Å². The van der Waals surface area contributed by atoms with Crippen LogP contribution in [-0.4, -0.2) is 24.4 Å². The smallest absolute Gasteiger partial charge is 0.450 e. The van der Waals surface area contributed by atoms with E-state index in [2.05, 4.69) is 20.7 Å². The molecule has 1 aromatic carbocycles. The molecule has 1 heterocycles. The maximum Gasteiger partial charge on any atom is 0.450 e. The van der Waals surface area contributed by atoms with Crippen LogP contribution < -0.4 is 4.74 Å². The molecule has 1 N–H and O–H groups in total. The van der Waals surface area contributed by atoms with Gasteiger partial charge in [0.05, 0.1) is 7.11 Å². The Kier molecular flexibility index (Phi) is 3.79. The lowest BCUT2D eigenvalue weighted by molar-refractivity contribution is -0.142. The highest BCUT2D eigenvalue weighted by Gasteiger charge is 2.46. The number of hydrogen-bond donors (Lipinski definition) is 1. The van der Waals surface area contributed by atoms with Crippen LogP contribution in [0.3, 0.4) is 0 Å². The van der Waals surface area contributed by atoms with E-state index >= 15 is 0 Å². The van der Waals surface area contributed by atoms with Gasteiger partial charge >= 0.3 is 12.1 Å². The summed E-state index contributed by atoms with van der Waals surface area (Å²) in [6.45, 7) is 0. The van der Waals surface area contributed by atoms with Crippen LogP contribution in [0.5, 0.6) is 5.75 Å². The summed E-state index contributed by atoms with van der Waals surface area (Å²) in [4.78, 5) is 11.5. The van der Waals surface area contributed by atoms with Gasteiger partial charge in [-0.2, -0.15) is 13.2 Å². The van der Waals surface area contributed by atoms with Gasteiger partial charge in [0.15, 0.2) is 0 Å². The Labute approximate surface area is 119 Å². The van der Waals surface area contributed by atoms with Gasteiger partial charge in [-0.15, -0.1) is 0 Å². The molecule has 1 aromatic rings. The molecule has 1 atom stereocenters. The van der Waals surface area contributed by atoms with Gasteiger partial charge in [-0.05, 0) is 18.2 Å². The molecular weight excluding hydrogens is 345 g/mol. The van der Waals surface area contributed by atoms with Crippen molar-refractivity contribution in [2.75, 3.05) is 7.11 Å². The number of methoxy groups -OCH3 is 1. The normalized spacial score (nSPS) is 18.4. The zero-order chi connectivity index (χ0) is 15.1. The summed E-state index contributed by atoms with van der Waals surface area (Å²) in [6, 6.07) is 4.10. The van der Waals surface area contributed by atoms with Crippen molar-refractivity contribution in [3.05, 3.63) is 39.6 Å². The van der Waals surface area contributed by atoms with Crippen molar-refractivity contribution in [1.29, 1.82) is 0 Å². The van der Waals surface area contributed by atoms with Crippen molar-refractivity contribution >= 4 is 21.9 Å². The SMILES string of the molecule is COC(=O)C1=C(C(F)(F)F)Oc2ccc(Br)cc2C1O. The summed E-state index contributed by atoms with van der Waals surface area (Å²) < 4.78 is 48.3. The summed E-state index contributed by atoms with van der Waals surface area (Å²) in [6.07, 6.45) is -6.70. The van der Waals surface area contributed by atoms with E-state index in [1.807, 2.05) is 0 Å². The number of hydrogen-bond acceptors (Lipinski definition) is 4. The van der Waals surface area contributed by atoms with E-state index in [4.69, 9.17) is 4.74 Å². The predicted molar refractivity (Wildman–Crippen MR) is 64.8 cm³/mol. The third kappa shape index (κ3) is 2.53. The fraction of sp³-hybridized carbons (Fsp3) is 0.250. The standard InChI is InChI=1S/C12H8BrF3O4/c1-19-11(18)8-9(17)6-4-5(13)2-3-7(6)20-10(8)12(14,15)16/h2-4,9,17H,1H3. The van der Waals surface area contributed by atoms with Crippen LogP contribution in [0.2, 0.25) is 0 Å². The van der Waals surface area contributed by atoms with Crippen LogP contribution in [0.25, 0.3) is 0 Å². The fourth-order valence-corrected chi connectivity index (χ4v) is 2.17. The molecule has 0 aliphatic carbocycles. The van der Waals surface area contributed by atoms with E-state index in [-0.39, 0.29) is 11.3 Å². The second-order valence-corrected chi connectivity index (χ2v) is 4.83. The largest absolute Gasteiger partial charge is 0.465 e. The Balaban J connectivity index is 2.62. The Morgan fingerprint density at radius 1 is 1.45 bits per heavy atom. The van der Waals surface area contributed by atoms with Crippen LogP contribution in [0.15, 0.2) is 34.0 Å². The minimum atomic E-state index is -4.92. The van der Waals surface area contributed by atoms with Crippen LogP contribution in [0.1, 0.15) is 11.7 Å². The second kappa shape index (κ2) is 5.10. The molecule has 8 heteroatoms. The topological polar surface area (TPSA) is 55.8 Å². The molecule has 2 rings (SSSR count). The third-order valence-electron chi connectivity index (χ3n) is 2.66. The van der Waals surface area contributed by atoms with Gasteiger partial charge < -0.3 is 14.6 Å². The van der Waals surface area contributed by atoms with Gasteiger partial charge in [-0.1, -0.05) is 15.9 Å². The van der Waals surface area contributed by atoms with Crippen LogP contribution >= 0.6 is 15.9 Å². The lowest BCUT2D eigenvalue weighted by Gasteiger charge is -2.27. The molecule has 0 saturated heterocycles. The number of rotatable bonds is 1. The minimum absolute atomic E-state index is 0.0489. The molecule has 0 aromatic heterocycles. The first kappa shape index (κ1) is 14.9. The fourth-order valence-electron chi connectivity index (χ4n) is 1.80. The van der Waals surface area contributed by atoms with E-state index in [0.29, 0.717) is 4.47 Å². The lowest BCUT2D eigenvalue weighted by Crippen LogP contribution is -2.29. The van der Waals surface area contributed by atoms with E-state index in [1.165, 1.54) is 18.2 Å². The Hall–Kier alpha value is -1.54. The first-order chi connectivity index (χ1) is 9.25. The van der Waals surface area contributed by atoms with E-state index in [1.54, 1.807) is 0 Å². The number of allylic oxidation sites excluding steroid dienone is 1. The van der Waals surface area contributed by atoms with Crippen LogP contribution in [-0.2, 0) is 9.53 Å². The Morgan fingerprint density at radius 2 is 2.10 bits per heavy atom. The maximum atomic E-state index is 12.9. The number of ether oxygens (including phenoxy) is 2. The summed E-state index contributed by atoms with van der Waals surface area (Å²) >= 11 is 3.13. The number of benzene rings is 1. The first-order valence-corrected chi connectivity index (χ1v) is 6.10. The number of alkyl halides is 3. The maximum absolute atomic E-state index is 12.9. The molecule has 0 fully saturated rings. The van der Waals surface area contributed by atoms with Crippen molar-refractivity contribution in [2.24, 2.45) is 0 Å². The number of carbonyl (C=O) groups is 1. The first-order valence-electron chi connectivity index (χ1n) is 5.30. The highest BCUT2D eigenvalue weighted by molar-refractivity contribution is 9.10. The highest BCUT2D eigenvalue weighted by Crippen LogP contribution is 2.44. The number of fused-ring (bicyclic) bond motifs is 1. The van der Waals surface area contributed by atoms with Gasteiger partial charge in [-0.25, -0.2) is 4.79 Å². The Morgan fingerprint density at radius 3 is 2.65 bits per heavy atom. The van der Waals surface area contributed by atoms with Gasteiger partial charge in [0, 0.05) is 10.0 Å². The van der Waals surface area contributed by atoms with Crippen molar-refractivity contribution in [3.63, 3.8) is 0 Å². The molecule has 0 radical (unpaired) electrons. The highest BCUT2D eigenvalue weighted by atomic mass is 79.9. The van der Waals surface area contributed by atoms with Crippen molar-refractivity contribution < 1.29 is 32.5 Å². The molecule has 0 amide bonds. The van der Waals surface area contributed by atoms with Crippen molar-refractivity contribution in [2.45, 2.75) is 12.3 Å².